The van der Waals surface area contributed by atoms with Crippen molar-refractivity contribution in [3.63, 3.8) is 0 Å². The van der Waals surface area contributed by atoms with Crippen LogP contribution in [0.15, 0.2) is 30.3 Å². The predicted octanol–water partition coefficient (Wildman–Crippen LogP) is 3.62. The first-order valence-corrected chi connectivity index (χ1v) is 17.7. The van der Waals surface area contributed by atoms with Crippen LogP contribution in [-0.4, -0.2) is 80.1 Å². The van der Waals surface area contributed by atoms with Crippen LogP contribution in [0.2, 0.25) is 0 Å². The number of benzene rings is 1. The maximum absolute atomic E-state index is 13.5. The predicted molar refractivity (Wildman–Crippen MR) is 163 cm³/mol. The van der Waals surface area contributed by atoms with E-state index in [0.717, 1.165) is 16.4 Å². The molecule has 1 aromatic carbocycles. The molecule has 0 bridgehead atoms. The Morgan fingerprint density at radius 3 is 2.32 bits per heavy atom. The molecule has 0 fully saturated rings. The van der Waals surface area contributed by atoms with Crippen molar-refractivity contribution in [3.8, 4) is 0 Å². The summed E-state index contributed by atoms with van der Waals surface area (Å²) in [6, 6.07) is 7.50. The van der Waals surface area contributed by atoms with Gasteiger partial charge in [-0.25, -0.2) is 9.59 Å². The third-order valence-corrected chi connectivity index (χ3v) is 10.5. The summed E-state index contributed by atoms with van der Waals surface area (Å²) in [6.45, 7) is 8.22. The first-order valence-electron chi connectivity index (χ1n) is 13.2. The molecule has 0 radical (unpaired) electrons. The van der Waals surface area contributed by atoms with Gasteiger partial charge in [-0.15, -0.1) is 0 Å². The number of carbonyl (C=O) groups excluding carboxylic acids is 3. The standard InChI is InChI=1S/C27H42N2O9S3/c1-7-36-25(33)37-18(2)21(24(31)32)29-23(30)20(17-19-13-9-8-10-14-19)22(28)39-41(16-12-11-15-40(6)35)26(34)38-27(3,4)5/h8-10,13-14,18,20-22H,7,11-12,15-17,28H2,1-6H3,(H-,29,30,31,32)/p+1. The van der Waals surface area contributed by atoms with E-state index in [1.165, 1.54) is 6.92 Å². The summed E-state index contributed by atoms with van der Waals surface area (Å²) >= 11 is 0. The van der Waals surface area contributed by atoms with E-state index in [9.17, 15) is 28.5 Å². The molecule has 0 aliphatic carbocycles. The molecule has 1 amide bonds. The Kier molecular flexibility index (Phi) is 16.4. The molecule has 41 heavy (non-hydrogen) atoms. The molecular formula is C27H43N2O9S3+. The number of nitrogens with one attached hydrogen (secondary N) is 1. The minimum atomic E-state index is -1.57. The van der Waals surface area contributed by atoms with E-state index in [-0.39, 0.29) is 13.0 Å². The first kappa shape index (κ1) is 36.7. The lowest BCUT2D eigenvalue weighted by Gasteiger charge is -2.26. The van der Waals surface area contributed by atoms with Gasteiger partial charge in [-0.2, -0.15) is 4.79 Å². The second-order valence-corrected chi connectivity index (χ2v) is 15.7. The Morgan fingerprint density at radius 1 is 1.15 bits per heavy atom. The van der Waals surface area contributed by atoms with Crippen molar-refractivity contribution in [2.75, 3.05) is 24.4 Å². The Morgan fingerprint density at radius 2 is 1.78 bits per heavy atom. The number of nitrogens with two attached hydrogens (primary N) is 1. The number of hydrogen-bond donors (Lipinski definition) is 3. The van der Waals surface area contributed by atoms with E-state index in [1.54, 1.807) is 46.1 Å². The Labute approximate surface area is 251 Å². The van der Waals surface area contributed by atoms with Gasteiger partial charge in [-0.3, -0.25) is 9.00 Å². The second-order valence-electron chi connectivity index (χ2n) is 10.2. The van der Waals surface area contributed by atoms with Crippen LogP contribution in [0.5, 0.6) is 0 Å². The fourth-order valence-corrected chi connectivity index (χ4v) is 8.02. The topological polar surface area (TPSA) is 171 Å². The summed E-state index contributed by atoms with van der Waals surface area (Å²) in [5, 5.41) is 10.9. The Bertz CT molecular complexity index is 1020. The van der Waals surface area contributed by atoms with Crippen LogP contribution in [0.4, 0.5) is 9.59 Å². The van der Waals surface area contributed by atoms with Gasteiger partial charge in [0.2, 0.25) is 5.91 Å². The molecular weight excluding hydrogens is 593 g/mol. The molecule has 0 heterocycles. The summed E-state index contributed by atoms with van der Waals surface area (Å²) in [5.41, 5.74) is 6.62. The lowest BCUT2D eigenvalue weighted by Crippen LogP contribution is -2.53. The van der Waals surface area contributed by atoms with Crippen molar-refractivity contribution in [3.05, 3.63) is 35.9 Å². The maximum atomic E-state index is 13.5. The van der Waals surface area contributed by atoms with Gasteiger partial charge >= 0.3 is 17.4 Å². The third kappa shape index (κ3) is 15.0. The zero-order valence-electron chi connectivity index (χ0n) is 24.5. The number of carbonyl (C=O) groups is 4. The molecule has 11 nitrogen and oxygen atoms in total. The summed E-state index contributed by atoms with van der Waals surface area (Å²) < 4.78 is 26.8. The Balaban J connectivity index is 3.21. The summed E-state index contributed by atoms with van der Waals surface area (Å²) in [4.78, 5) is 50.4. The van der Waals surface area contributed by atoms with Gasteiger partial charge in [-0.1, -0.05) is 30.3 Å². The van der Waals surface area contributed by atoms with Gasteiger partial charge in [0, 0.05) is 22.8 Å². The van der Waals surface area contributed by atoms with Gasteiger partial charge < -0.3 is 30.4 Å². The minimum absolute atomic E-state index is 0.0385. The fraction of sp³-hybridized carbons (Fsp3) is 0.630. The van der Waals surface area contributed by atoms with E-state index < -0.39 is 73.1 Å². The number of hydrogen-bond acceptors (Lipinski definition) is 10. The largest absolute Gasteiger partial charge is 0.539 e. The quantitative estimate of drug-likeness (QED) is 0.0797. The number of ether oxygens (including phenoxy) is 3. The minimum Gasteiger partial charge on any atom is -0.480 e. The first-order chi connectivity index (χ1) is 19.1. The molecule has 1 aromatic rings. The van der Waals surface area contributed by atoms with Crippen LogP contribution >= 0.6 is 10.8 Å². The maximum Gasteiger partial charge on any atom is 0.539 e. The molecule has 14 heteroatoms. The van der Waals surface area contributed by atoms with Crippen LogP contribution in [0, 0.1) is 5.92 Å². The molecule has 0 saturated carbocycles. The van der Waals surface area contributed by atoms with E-state index in [1.807, 2.05) is 18.2 Å². The van der Waals surface area contributed by atoms with Crippen molar-refractivity contribution < 1.29 is 42.7 Å². The number of rotatable bonds is 16. The number of carboxylic acids is 1. The van der Waals surface area contributed by atoms with E-state index >= 15 is 0 Å². The monoisotopic (exact) mass is 635 g/mol. The molecule has 0 saturated heterocycles. The highest BCUT2D eigenvalue weighted by Crippen LogP contribution is 2.31. The zero-order valence-corrected chi connectivity index (χ0v) is 26.9. The van der Waals surface area contributed by atoms with Crippen LogP contribution in [0.25, 0.3) is 0 Å². The van der Waals surface area contributed by atoms with Crippen LogP contribution in [0.1, 0.15) is 53.0 Å². The highest BCUT2D eigenvalue weighted by Gasteiger charge is 2.43. The smallest absolute Gasteiger partial charge is 0.480 e. The van der Waals surface area contributed by atoms with E-state index in [4.69, 9.17) is 19.9 Å². The summed E-state index contributed by atoms with van der Waals surface area (Å²) in [5.74, 6) is -2.10. The summed E-state index contributed by atoms with van der Waals surface area (Å²) in [7, 11) is -0.893. The highest BCUT2D eigenvalue weighted by atomic mass is 33.1. The van der Waals surface area contributed by atoms with Gasteiger partial charge in [0.25, 0.3) is 0 Å². The summed E-state index contributed by atoms with van der Waals surface area (Å²) in [6.07, 6.45) is 0.757. The van der Waals surface area contributed by atoms with Gasteiger partial charge in [-0.05, 0) is 59.4 Å². The van der Waals surface area contributed by atoms with Crippen LogP contribution < -0.4 is 11.1 Å². The van der Waals surface area contributed by atoms with Crippen molar-refractivity contribution in [1.29, 1.82) is 0 Å². The van der Waals surface area contributed by atoms with Crippen molar-refractivity contribution in [1.82, 2.24) is 5.32 Å². The molecule has 0 spiro atoms. The lowest BCUT2D eigenvalue weighted by molar-refractivity contribution is -0.146. The normalized spacial score (nSPS) is 15.9. The highest BCUT2D eigenvalue weighted by molar-refractivity contribution is 8.79. The van der Waals surface area contributed by atoms with Crippen molar-refractivity contribution >= 4 is 54.9 Å². The number of unbranched alkanes of at least 4 members (excludes halogenated alkanes) is 1. The number of amides is 1. The zero-order chi connectivity index (χ0) is 31.2. The van der Waals surface area contributed by atoms with E-state index in [0.29, 0.717) is 24.3 Å². The molecule has 6 unspecified atom stereocenters. The SMILES string of the molecule is CCOC(=O)OC(C)C(NC(=O)C(Cc1ccccc1)C(N)S[S+](CCCCS(C)=O)C(=O)OC(C)(C)C)C(=O)O. The second kappa shape index (κ2) is 18.3. The van der Waals surface area contributed by atoms with Crippen molar-refractivity contribution in [2.45, 2.75) is 77.0 Å². The van der Waals surface area contributed by atoms with Crippen LogP contribution in [-0.2, 0) is 50.9 Å². The van der Waals surface area contributed by atoms with Gasteiger partial charge in [0.05, 0.1) is 12.5 Å². The van der Waals surface area contributed by atoms with Gasteiger partial charge in [0.1, 0.15) is 33.6 Å². The third-order valence-electron chi connectivity index (χ3n) is 5.42. The molecule has 4 N–H and O–H groups in total. The molecule has 0 aromatic heterocycles. The molecule has 232 valence electrons. The fourth-order valence-electron chi connectivity index (χ4n) is 3.44. The number of carboxylic acid groups (broad SMARTS) is 1. The van der Waals surface area contributed by atoms with Crippen molar-refractivity contribution in [2.24, 2.45) is 11.7 Å². The lowest BCUT2D eigenvalue weighted by atomic mass is 9.97. The molecule has 0 aliphatic rings. The molecule has 0 aliphatic heterocycles. The van der Waals surface area contributed by atoms with Gasteiger partial charge in [0.15, 0.2) is 16.0 Å². The average Bonchev–Trinajstić information content (AvgIpc) is 2.86. The molecule has 1 rings (SSSR count). The molecule has 6 atom stereocenters. The van der Waals surface area contributed by atoms with E-state index in [2.05, 4.69) is 5.32 Å². The number of aliphatic carboxylic acids is 1. The average molecular weight is 636 g/mol. The Hall–Kier alpha value is -2.29. The van der Waals surface area contributed by atoms with Crippen LogP contribution in [0.3, 0.4) is 0 Å².